The molecule has 116 valence electrons. The minimum atomic E-state index is -0.543. The van der Waals surface area contributed by atoms with Crippen LogP contribution in [0.15, 0.2) is 30.3 Å². The fraction of sp³-hybridized carbons (Fsp3) is 0.500. The number of aryl methyl sites for hydroxylation is 1. The number of carbonyl (C=O) groups excluding carboxylic acids is 2. The van der Waals surface area contributed by atoms with E-state index in [1.54, 1.807) is 0 Å². The van der Waals surface area contributed by atoms with Crippen LogP contribution < -0.4 is 16.4 Å². The molecule has 0 spiro atoms. The second kappa shape index (κ2) is 9.13. The first kappa shape index (κ1) is 17.2. The summed E-state index contributed by atoms with van der Waals surface area (Å²) in [5, 5.41) is 5.47. The summed E-state index contributed by atoms with van der Waals surface area (Å²) in [4.78, 5) is 23.2. The number of rotatable bonds is 8. The van der Waals surface area contributed by atoms with Gasteiger partial charge in [-0.15, -0.1) is 0 Å². The first-order chi connectivity index (χ1) is 9.99. The minimum Gasteiger partial charge on any atom is -0.354 e. The van der Waals surface area contributed by atoms with E-state index in [9.17, 15) is 9.59 Å². The Balaban J connectivity index is 2.21. The summed E-state index contributed by atoms with van der Waals surface area (Å²) in [5.41, 5.74) is 7.01. The Bertz CT molecular complexity index is 446. The Morgan fingerprint density at radius 2 is 1.86 bits per heavy atom. The summed E-state index contributed by atoms with van der Waals surface area (Å²) in [5.74, 6) is -0.272. The fourth-order valence-electron chi connectivity index (χ4n) is 1.92. The van der Waals surface area contributed by atoms with Gasteiger partial charge in [0.05, 0.1) is 6.04 Å². The highest BCUT2D eigenvalue weighted by atomic mass is 16.2. The van der Waals surface area contributed by atoms with Gasteiger partial charge in [0.1, 0.15) is 0 Å². The Morgan fingerprint density at radius 1 is 1.19 bits per heavy atom. The molecule has 0 aliphatic carbocycles. The lowest BCUT2D eigenvalue weighted by atomic mass is 10.1. The number of carbonyl (C=O) groups is 2. The van der Waals surface area contributed by atoms with Crippen LogP contribution in [-0.2, 0) is 16.0 Å². The molecule has 1 atom stereocenters. The lowest BCUT2D eigenvalue weighted by Gasteiger charge is -2.13. The highest BCUT2D eigenvalue weighted by Crippen LogP contribution is 2.04. The van der Waals surface area contributed by atoms with Crippen molar-refractivity contribution in [2.24, 2.45) is 5.73 Å². The van der Waals surface area contributed by atoms with E-state index in [1.165, 1.54) is 0 Å². The highest BCUT2D eigenvalue weighted by molar-refractivity contribution is 5.82. The van der Waals surface area contributed by atoms with Crippen LogP contribution in [0, 0.1) is 0 Å². The molecular weight excluding hydrogens is 266 g/mol. The van der Waals surface area contributed by atoms with Gasteiger partial charge in [0.15, 0.2) is 0 Å². The Morgan fingerprint density at radius 3 is 2.48 bits per heavy atom. The first-order valence-corrected chi connectivity index (χ1v) is 7.35. The Labute approximate surface area is 126 Å². The van der Waals surface area contributed by atoms with E-state index in [2.05, 4.69) is 10.6 Å². The zero-order valence-corrected chi connectivity index (χ0v) is 12.8. The molecule has 1 aromatic carbocycles. The molecule has 0 aromatic heterocycles. The number of amides is 2. The second-order valence-electron chi connectivity index (χ2n) is 5.39. The van der Waals surface area contributed by atoms with Crippen LogP contribution in [0.4, 0.5) is 0 Å². The van der Waals surface area contributed by atoms with Gasteiger partial charge in [0.2, 0.25) is 11.8 Å². The van der Waals surface area contributed by atoms with Gasteiger partial charge in [-0.1, -0.05) is 30.3 Å². The molecule has 0 aliphatic rings. The minimum absolute atomic E-state index is 0.0665. The van der Waals surface area contributed by atoms with Crippen molar-refractivity contribution in [3.8, 4) is 0 Å². The summed E-state index contributed by atoms with van der Waals surface area (Å²) in [6.45, 7) is 4.11. The Kier molecular flexibility index (Phi) is 7.46. The summed E-state index contributed by atoms with van der Waals surface area (Å²) in [7, 11) is 0. The van der Waals surface area contributed by atoms with Crippen molar-refractivity contribution in [2.75, 3.05) is 6.54 Å². The van der Waals surface area contributed by atoms with Gasteiger partial charge in [0, 0.05) is 19.0 Å². The van der Waals surface area contributed by atoms with E-state index in [-0.39, 0.29) is 24.3 Å². The van der Waals surface area contributed by atoms with Crippen LogP contribution >= 0.6 is 0 Å². The third kappa shape index (κ3) is 7.46. The Hall–Kier alpha value is -1.88. The molecule has 0 radical (unpaired) electrons. The van der Waals surface area contributed by atoms with E-state index >= 15 is 0 Å². The number of nitrogens with two attached hydrogens (primary N) is 1. The van der Waals surface area contributed by atoms with Crippen LogP contribution in [0.5, 0.6) is 0 Å². The zero-order valence-electron chi connectivity index (χ0n) is 12.8. The number of hydrogen-bond donors (Lipinski definition) is 3. The number of hydrogen-bond acceptors (Lipinski definition) is 3. The standard InChI is InChI=1S/C16H25N3O2/c1-12(2)19-15(20)10-11-18-16(21)14(17)9-8-13-6-4-3-5-7-13/h3-7,12,14H,8-11,17H2,1-2H3,(H,18,21)(H,19,20)/t14-/m0/s1. The molecule has 0 aliphatic heterocycles. The molecule has 1 aromatic rings. The van der Waals surface area contributed by atoms with E-state index in [0.717, 1.165) is 12.0 Å². The summed E-state index contributed by atoms with van der Waals surface area (Å²) in [6.07, 6.45) is 1.63. The maximum atomic E-state index is 11.8. The molecule has 0 saturated heterocycles. The number of benzene rings is 1. The van der Waals surface area contributed by atoms with Gasteiger partial charge >= 0.3 is 0 Å². The molecule has 1 rings (SSSR count). The van der Waals surface area contributed by atoms with Crippen molar-refractivity contribution < 1.29 is 9.59 Å². The van der Waals surface area contributed by atoms with Gasteiger partial charge in [-0.25, -0.2) is 0 Å². The maximum absolute atomic E-state index is 11.8. The van der Waals surface area contributed by atoms with Crippen molar-refractivity contribution >= 4 is 11.8 Å². The predicted octanol–water partition coefficient (Wildman–Crippen LogP) is 0.977. The topological polar surface area (TPSA) is 84.2 Å². The average Bonchev–Trinajstić information content (AvgIpc) is 2.44. The normalized spacial score (nSPS) is 12.0. The van der Waals surface area contributed by atoms with E-state index in [0.29, 0.717) is 13.0 Å². The lowest BCUT2D eigenvalue weighted by molar-refractivity contribution is -0.123. The van der Waals surface area contributed by atoms with E-state index in [1.807, 2.05) is 44.2 Å². The smallest absolute Gasteiger partial charge is 0.236 e. The SMILES string of the molecule is CC(C)NC(=O)CCNC(=O)[C@@H](N)CCc1ccccc1. The average molecular weight is 291 g/mol. The highest BCUT2D eigenvalue weighted by Gasteiger charge is 2.13. The second-order valence-corrected chi connectivity index (χ2v) is 5.39. The molecule has 4 N–H and O–H groups in total. The fourth-order valence-corrected chi connectivity index (χ4v) is 1.92. The first-order valence-electron chi connectivity index (χ1n) is 7.35. The van der Waals surface area contributed by atoms with Crippen molar-refractivity contribution in [1.29, 1.82) is 0 Å². The molecular formula is C16H25N3O2. The monoisotopic (exact) mass is 291 g/mol. The van der Waals surface area contributed by atoms with Crippen LogP contribution in [0.1, 0.15) is 32.3 Å². The van der Waals surface area contributed by atoms with Gasteiger partial charge in [-0.05, 0) is 32.3 Å². The van der Waals surface area contributed by atoms with Crippen LogP contribution in [0.25, 0.3) is 0 Å². The van der Waals surface area contributed by atoms with Gasteiger partial charge in [-0.3, -0.25) is 9.59 Å². The molecule has 0 unspecified atom stereocenters. The van der Waals surface area contributed by atoms with Crippen molar-refractivity contribution in [2.45, 2.75) is 45.2 Å². The molecule has 0 saturated carbocycles. The summed E-state index contributed by atoms with van der Waals surface area (Å²) >= 11 is 0. The van der Waals surface area contributed by atoms with Gasteiger partial charge in [0.25, 0.3) is 0 Å². The maximum Gasteiger partial charge on any atom is 0.236 e. The van der Waals surface area contributed by atoms with Crippen LogP contribution in [-0.4, -0.2) is 30.4 Å². The van der Waals surface area contributed by atoms with Crippen LogP contribution in [0.3, 0.4) is 0 Å². The number of nitrogens with one attached hydrogen (secondary N) is 2. The largest absolute Gasteiger partial charge is 0.354 e. The third-order valence-electron chi connectivity index (χ3n) is 3.02. The molecule has 0 heterocycles. The summed E-state index contributed by atoms with van der Waals surface area (Å²) in [6, 6.07) is 9.49. The molecule has 2 amide bonds. The molecule has 21 heavy (non-hydrogen) atoms. The van der Waals surface area contributed by atoms with Gasteiger partial charge in [-0.2, -0.15) is 0 Å². The quantitative estimate of drug-likeness (QED) is 0.667. The lowest BCUT2D eigenvalue weighted by Crippen LogP contribution is -2.42. The third-order valence-corrected chi connectivity index (χ3v) is 3.02. The predicted molar refractivity (Wildman–Crippen MR) is 83.6 cm³/mol. The van der Waals surface area contributed by atoms with E-state index < -0.39 is 6.04 Å². The van der Waals surface area contributed by atoms with E-state index in [4.69, 9.17) is 5.73 Å². The zero-order chi connectivity index (χ0) is 15.7. The molecule has 0 bridgehead atoms. The molecule has 5 nitrogen and oxygen atoms in total. The molecule has 0 fully saturated rings. The van der Waals surface area contributed by atoms with Crippen molar-refractivity contribution in [3.63, 3.8) is 0 Å². The van der Waals surface area contributed by atoms with Gasteiger partial charge < -0.3 is 16.4 Å². The summed E-state index contributed by atoms with van der Waals surface area (Å²) < 4.78 is 0. The van der Waals surface area contributed by atoms with Crippen molar-refractivity contribution in [3.05, 3.63) is 35.9 Å². The van der Waals surface area contributed by atoms with Crippen molar-refractivity contribution in [1.82, 2.24) is 10.6 Å². The molecule has 5 heteroatoms. The van der Waals surface area contributed by atoms with Crippen LogP contribution in [0.2, 0.25) is 0 Å².